The van der Waals surface area contributed by atoms with Crippen molar-refractivity contribution in [3.8, 4) is 22.9 Å². The van der Waals surface area contributed by atoms with Gasteiger partial charge in [-0.3, -0.25) is 14.4 Å². The van der Waals surface area contributed by atoms with Gasteiger partial charge in [0, 0.05) is 37.0 Å². The van der Waals surface area contributed by atoms with Crippen molar-refractivity contribution in [3.63, 3.8) is 0 Å². The van der Waals surface area contributed by atoms with Gasteiger partial charge < -0.3 is 29.6 Å². The monoisotopic (exact) mass is 579 g/mol. The quantitative estimate of drug-likeness (QED) is 0.370. The number of H-pyrrole nitrogens is 1. The number of carbonyl (C=O) groups is 3. The zero-order valence-corrected chi connectivity index (χ0v) is 24.3. The number of ether oxygens (including phenoxy) is 2. The molecule has 10 heteroatoms. The second-order valence-corrected chi connectivity index (χ2v) is 11.0. The molecule has 3 amide bonds. The third kappa shape index (κ3) is 6.00. The molecule has 0 spiro atoms. The fourth-order valence-electron chi connectivity index (χ4n) is 5.43. The zero-order valence-electron chi connectivity index (χ0n) is 24.3. The third-order valence-corrected chi connectivity index (χ3v) is 7.79. The summed E-state index contributed by atoms with van der Waals surface area (Å²) >= 11 is 0. The van der Waals surface area contributed by atoms with E-state index in [4.69, 9.17) is 9.47 Å². The molecule has 3 aromatic carbocycles. The van der Waals surface area contributed by atoms with Crippen LogP contribution in [0.15, 0.2) is 72.8 Å². The molecule has 1 aromatic heterocycles. The lowest BCUT2D eigenvalue weighted by molar-refractivity contribution is -0.123. The number of likely N-dealkylation sites (tertiary alicyclic amines) is 1. The van der Waals surface area contributed by atoms with Gasteiger partial charge in [0.05, 0.1) is 25.3 Å². The van der Waals surface area contributed by atoms with E-state index in [1.165, 1.54) is 4.90 Å². The molecule has 220 valence electrons. The fourth-order valence-corrected chi connectivity index (χ4v) is 5.43. The zero-order chi connectivity index (χ0) is 30.1. The average molecular weight is 580 g/mol. The van der Waals surface area contributed by atoms with Crippen LogP contribution in [-0.2, 0) is 16.1 Å². The highest BCUT2D eigenvalue weighted by Gasteiger charge is 2.38. The SMILES string of the molecule is Cc1ccc2cc1Oc1cccc(c1)CO[C@H]1CN(C(=O)c3nc(-c4ccccc4)[nH]c3C)C[C@@H]1NC(=O)CN(C)C2=O. The van der Waals surface area contributed by atoms with Crippen LogP contribution in [0.25, 0.3) is 11.4 Å². The van der Waals surface area contributed by atoms with Crippen molar-refractivity contribution in [3.05, 3.63) is 101 Å². The summed E-state index contributed by atoms with van der Waals surface area (Å²) in [5.74, 6) is 0.896. The van der Waals surface area contributed by atoms with Gasteiger partial charge in [-0.2, -0.15) is 0 Å². The Morgan fingerprint density at radius 3 is 2.58 bits per heavy atom. The van der Waals surface area contributed by atoms with Crippen LogP contribution in [0.2, 0.25) is 0 Å². The molecule has 43 heavy (non-hydrogen) atoms. The molecule has 0 saturated carbocycles. The minimum atomic E-state index is -0.480. The molecule has 2 aliphatic heterocycles. The maximum Gasteiger partial charge on any atom is 0.274 e. The first-order chi connectivity index (χ1) is 20.7. The number of imidazole rings is 1. The summed E-state index contributed by atoms with van der Waals surface area (Å²) in [5, 5.41) is 3.01. The summed E-state index contributed by atoms with van der Waals surface area (Å²) in [4.78, 5) is 50.9. The van der Waals surface area contributed by atoms with E-state index in [2.05, 4.69) is 15.3 Å². The summed E-state index contributed by atoms with van der Waals surface area (Å²) in [5.41, 5.74) is 4.04. The number of nitrogens with one attached hydrogen (secondary N) is 2. The predicted molar refractivity (Wildman–Crippen MR) is 160 cm³/mol. The van der Waals surface area contributed by atoms with Crippen molar-refractivity contribution >= 4 is 17.7 Å². The van der Waals surface area contributed by atoms with Crippen molar-refractivity contribution in [2.75, 3.05) is 26.7 Å². The number of aromatic nitrogens is 2. The Labute approximate surface area is 249 Å². The van der Waals surface area contributed by atoms with Crippen molar-refractivity contribution < 1.29 is 23.9 Å². The second kappa shape index (κ2) is 11.7. The molecule has 2 aliphatic rings. The first-order valence-corrected chi connectivity index (χ1v) is 14.2. The minimum absolute atomic E-state index is 0.155. The molecule has 0 radical (unpaired) electrons. The number of carbonyl (C=O) groups excluding carboxylic acids is 3. The van der Waals surface area contributed by atoms with Gasteiger partial charge in [0.2, 0.25) is 5.91 Å². The highest BCUT2D eigenvalue weighted by Crippen LogP contribution is 2.28. The average Bonchev–Trinajstić information content (AvgIpc) is 3.59. The number of rotatable bonds is 2. The van der Waals surface area contributed by atoms with E-state index in [1.807, 2.05) is 74.5 Å². The van der Waals surface area contributed by atoms with E-state index in [9.17, 15) is 14.4 Å². The smallest absolute Gasteiger partial charge is 0.274 e. The Morgan fingerprint density at radius 2 is 1.77 bits per heavy atom. The molecule has 2 N–H and O–H groups in total. The molecule has 4 bridgehead atoms. The van der Waals surface area contributed by atoms with E-state index < -0.39 is 12.1 Å². The summed E-state index contributed by atoms with van der Waals surface area (Å²) in [6, 6.07) is 21.9. The number of aryl methyl sites for hydroxylation is 2. The highest BCUT2D eigenvalue weighted by atomic mass is 16.5. The Balaban J connectivity index is 1.26. The van der Waals surface area contributed by atoms with Gasteiger partial charge in [0.25, 0.3) is 11.8 Å². The molecule has 0 aliphatic carbocycles. The van der Waals surface area contributed by atoms with E-state index in [0.29, 0.717) is 34.3 Å². The molecule has 1 saturated heterocycles. The standard InChI is InChI=1S/C33H33N5O5/c1-20-12-13-24-15-27(20)43-25-11-7-8-22(14-25)19-42-28-17-38(16-26(28)35-29(39)18-37(3)32(24)40)33(41)30-21(2)34-31(36-30)23-9-5-4-6-10-23/h4-15,26,28H,16-19H2,1-3H3,(H,34,36)(H,35,39)/t26-,28-/m0/s1. The Morgan fingerprint density at radius 1 is 0.953 bits per heavy atom. The lowest BCUT2D eigenvalue weighted by atomic mass is 10.1. The lowest BCUT2D eigenvalue weighted by Crippen LogP contribution is -2.48. The molecule has 3 heterocycles. The van der Waals surface area contributed by atoms with Crippen LogP contribution in [0.4, 0.5) is 0 Å². The van der Waals surface area contributed by atoms with Crippen LogP contribution >= 0.6 is 0 Å². The van der Waals surface area contributed by atoms with Crippen molar-refractivity contribution in [2.45, 2.75) is 32.6 Å². The van der Waals surface area contributed by atoms with Gasteiger partial charge in [-0.1, -0.05) is 48.5 Å². The number of hydrogen-bond acceptors (Lipinski definition) is 6. The van der Waals surface area contributed by atoms with Crippen LogP contribution in [-0.4, -0.2) is 76.3 Å². The number of aromatic amines is 1. The Hall–Kier alpha value is -4.96. The number of nitrogens with zero attached hydrogens (tertiary/aromatic N) is 3. The number of likely N-dealkylation sites (N-methyl/N-ethyl adjacent to an activating group) is 1. The third-order valence-electron chi connectivity index (χ3n) is 7.79. The summed E-state index contributed by atoms with van der Waals surface area (Å²) in [6.45, 7) is 4.34. The molecule has 10 nitrogen and oxygen atoms in total. The first-order valence-electron chi connectivity index (χ1n) is 14.2. The molecular formula is C33H33N5O5. The lowest BCUT2D eigenvalue weighted by Gasteiger charge is -2.23. The number of amides is 3. The van der Waals surface area contributed by atoms with Crippen LogP contribution in [0.5, 0.6) is 11.5 Å². The van der Waals surface area contributed by atoms with Gasteiger partial charge in [0.1, 0.15) is 23.0 Å². The van der Waals surface area contributed by atoms with Crippen LogP contribution in [0.1, 0.15) is 37.7 Å². The van der Waals surface area contributed by atoms with Crippen molar-refractivity contribution in [1.82, 2.24) is 25.1 Å². The van der Waals surface area contributed by atoms with Crippen LogP contribution in [0.3, 0.4) is 0 Å². The predicted octanol–water partition coefficient (Wildman–Crippen LogP) is 4.10. The van der Waals surface area contributed by atoms with Gasteiger partial charge in [-0.15, -0.1) is 0 Å². The second-order valence-electron chi connectivity index (χ2n) is 11.0. The van der Waals surface area contributed by atoms with E-state index in [-0.39, 0.29) is 44.0 Å². The largest absolute Gasteiger partial charge is 0.457 e. The van der Waals surface area contributed by atoms with E-state index >= 15 is 0 Å². The van der Waals surface area contributed by atoms with Crippen molar-refractivity contribution in [1.29, 1.82) is 0 Å². The number of fused-ring (bicyclic) bond motifs is 5. The Kier molecular flexibility index (Phi) is 7.69. The van der Waals surface area contributed by atoms with Gasteiger partial charge >= 0.3 is 0 Å². The fraction of sp³-hybridized carbons (Fsp3) is 0.273. The van der Waals surface area contributed by atoms with Crippen molar-refractivity contribution in [2.24, 2.45) is 0 Å². The molecule has 2 atom stereocenters. The topological polar surface area (TPSA) is 117 Å². The first kappa shape index (κ1) is 28.2. The van der Waals surface area contributed by atoms with E-state index in [0.717, 1.165) is 16.7 Å². The molecule has 6 rings (SSSR count). The molecule has 4 aromatic rings. The molecular weight excluding hydrogens is 546 g/mol. The maximum absolute atomic E-state index is 13.7. The highest BCUT2D eigenvalue weighted by molar-refractivity contribution is 5.97. The van der Waals surface area contributed by atoms with Gasteiger partial charge in [-0.05, 0) is 49.2 Å². The normalized spacial score (nSPS) is 19.0. The molecule has 1 fully saturated rings. The van der Waals surface area contributed by atoms with Crippen LogP contribution < -0.4 is 10.1 Å². The summed E-state index contributed by atoms with van der Waals surface area (Å²) < 4.78 is 12.5. The number of benzene rings is 3. The molecule has 0 unspecified atom stereocenters. The number of hydrogen-bond donors (Lipinski definition) is 2. The maximum atomic E-state index is 13.7. The van der Waals surface area contributed by atoms with Gasteiger partial charge in [0.15, 0.2) is 0 Å². The van der Waals surface area contributed by atoms with Crippen LogP contribution in [0, 0.1) is 13.8 Å². The summed E-state index contributed by atoms with van der Waals surface area (Å²) in [7, 11) is 1.58. The summed E-state index contributed by atoms with van der Waals surface area (Å²) in [6.07, 6.45) is -0.478. The Bertz CT molecular complexity index is 1680. The minimum Gasteiger partial charge on any atom is -0.457 e. The van der Waals surface area contributed by atoms with Gasteiger partial charge in [-0.25, -0.2) is 4.98 Å². The van der Waals surface area contributed by atoms with E-state index in [1.54, 1.807) is 24.1 Å².